The third-order valence-electron chi connectivity index (χ3n) is 4.05. The van der Waals surface area contributed by atoms with Crippen LogP contribution in [0.5, 0.6) is 0 Å². The minimum atomic E-state index is -2.85. The molecule has 2 saturated heterocycles. The van der Waals surface area contributed by atoms with Gasteiger partial charge in [0.05, 0.1) is 18.1 Å². The lowest BCUT2D eigenvalue weighted by Gasteiger charge is -2.19. The number of guanidine groups is 1. The molecule has 0 aromatic carbocycles. The maximum Gasteiger partial charge on any atom is 0.191 e. The summed E-state index contributed by atoms with van der Waals surface area (Å²) in [6.07, 6.45) is 3.11. The van der Waals surface area contributed by atoms with E-state index in [1.54, 1.807) is 0 Å². The quantitative estimate of drug-likeness (QED) is 0.557. The van der Waals surface area contributed by atoms with Crippen LogP contribution in [0.3, 0.4) is 0 Å². The Bertz CT molecular complexity index is 449. The molecule has 2 heterocycles. The van der Waals surface area contributed by atoms with Crippen molar-refractivity contribution in [3.05, 3.63) is 0 Å². The Hall–Kier alpha value is -0.820. The van der Waals surface area contributed by atoms with Crippen molar-refractivity contribution in [1.29, 1.82) is 0 Å². The van der Waals surface area contributed by atoms with E-state index in [4.69, 9.17) is 0 Å². The van der Waals surface area contributed by atoms with Crippen molar-refractivity contribution in [2.24, 2.45) is 4.99 Å². The van der Waals surface area contributed by atoms with Gasteiger partial charge >= 0.3 is 0 Å². The van der Waals surface area contributed by atoms with Crippen LogP contribution in [0.1, 0.15) is 26.2 Å². The lowest BCUT2D eigenvalue weighted by atomic mass is 10.2. The second-order valence-corrected chi connectivity index (χ2v) is 7.97. The van der Waals surface area contributed by atoms with Crippen LogP contribution in [0.25, 0.3) is 0 Å². The van der Waals surface area contributed by atoms with E-state index in [0.29, 0.717) is 12.5 Å². The minimum absolute atomic E-state index is 0.000826. The highest BCUT2D eigenvalue weighted by molar-refractivity contribution is 7.91. The molecule has 0 aromatic heterocycles. The summed E-state index contributed by atoms with van der Waals surface area (Å²) in [7, 11) is -0.713. The smallest absolute Gasteiger partial charge is 0.191 e. The Morgan fingerprint density at radius 1 is 1.40 bits per heavy atom. The van der Waals surface area contributed by atoms with Crippen LogP contribution in [0.4, 0.5) is 0 Å². The molecule has 0 amide bonds. The van der Waals surface area contributed by atoms with Gasteiger partial charge in [0.25, 0.3) is 0 Å². The molecule has 0 aromatic rings. The molecule has 2 aliphatic heterocycles. The number of aliphatic imine (C=N–C) groups is 1. The molecule has 0 aliphatic carbocycles. The number of sulfone groups is 1. The predicted octanol–water partition coefficient (Wildman–Crippen LogP) is -0.177. The summed E-state index contributed by atoms with van der Waals surface area (Å²) in [6.45, 7) is 4.71. The molecule has 0 spiro atoms. The molecule has 2 N–H and O–H groups in total. The van der Waals surface area contributed by atoms with Crippen molar-refractivity contribution in [1.82, 2.24) is 15.5 Å². The van der Waals surface area contributed by atoms with Gasteiger partial charge in [-0.3, -0.25) is 4.99 Å². The first-order valence-corrected chi connectivity index (χ1v) is 9.28. The molecule has 2 rings (SSSR count). The molecule has 116 valence electrons. The fourth-order valence-corrected chi connectivity index (χ4v) is 4.50. The van der Waals surface area contributed by atoms with Gasteiger partial charge in [0, 0.05) is 18.6 Å². The second kappa shape index (κ2) is 6.76. The monoisotopic (exact) mass is 302 g/mol. The first-order valence-electron chi connectivity index (χ1n) is 7.45. The summed E-state index contributed by atoms with van der Waals surface area (Å²) in [5, 5.41) is 6.45. The molecular weight excluding hydrogens is 276 g/mol. The summed E-state index contributed by atoms with van der Waals surface area (Å²) < 4.78 is 23.0. The number of hydrogen-bond donors (Lipinski definition) is 2. The van der Waals surface area contributed by atoms with E-state index in [2.05, 4.69) is 27.6 Å². The first-order chi connectivity index (χ1) is 9.50. The zero-order valence-corrected chi connectivity index (χ0v) is 13.2. The maximum atomic E-state index is 11.5. The first kappa shape index (κ1) is 15.6. The van der Waals surface area contributed by atoms with E-state index >= 15 is 0 Å². The van der Waals surface area contributed by atoms with Crippen molar-refractivity contribution in [3.8, 4) is 0 Å². The molecule has 2 fully saturated rings. The highest BCUT2D eigenvalue weighted by atomic mass is 32.2. The topological polar surface area (TPSA) is 73.8 Å². The number of likely N-dealkylation sites (N-methyl/N-ethyl adjacent to an activating group) is 1. The van der Waals surface area contributed by atoms with Gasteiger partial charge in [-0.05, 0) is 39.8 Å². The third-order valence-corrected chi connectivity index (χ3v) is 5.82. The lowest BCUT2D eigenvalue weighted by molar-refractivity contribution is 0.317. The number of rotatable bonds is 4. The van der Waals surface area contributed by atoms with Gasteiger partial charge in [0.2, 0.25) is 0 Å². The van der Waals surface area contributed by atoms with Crippen LogP contribution >= 0.6 is 0 Å². The van der Waals surface area contributed by atoms with Crippen LogP contribution in [0, 0.1) is 0 Å². The van der Waals surface area contributed by atoms with Crippen molar-refractivity contribution >= 4 is 15.8 Å². The van der Waals surface area contributed by atoms with Crippen molar-refractivity contribution < 1.29 is 8.42 Å². The van der Waals surface area contributed by atoms with Crippen LogP contribution in [-0.2, 0) is 9.84 Å². The van der Waals surface area contributed by atoms with Crippen molar-refractivity contribution in [3.63, 3.8) is 0 Å². The molecule has 20 heavy (non-hydrogen) atoms. The number of nitrogens with one attached hydrogen (secondary N) is 2. The Labute approximate surface area is 121 Å². The Balaban J connectivity index is 1.89. The molecule has 0 radical (unpaired) electrons. The third kappa shape index (κ3) is 4.34. The molecular formula is C13H26N4O2S. The highest BCUT2D eigenvalue weighted by Gasteiger charge is 2.28. The summed E-state index contributed by atoms with van der Waals surface area (Å²) in [5.41, 5.74) is 0. The highest BCUT2D eigenvalue weighted by Crippen LogP contribution is 2.15. The predicted molar refractivity (Wildman–Crippen MR) is 81.8 cm³/mol. The fourth-order valence-electron chi connectivity index (χ4n) is 2.83. The van der Waals surface area contributed by atoms with E-state index < -0.39 is 9.84 Å². The van der Waals surface area contributed by atoms with Gasteiger partial charge in [-0.1, -0.05) is 0 Å². The van der Waals surface area contributed by atoms with Gasteiger partial charge in [0.1, 0.15) is 0 Å². The van der Waals surface area contributed by atoms with E-state index in [9.17, 15) is 8.42 Å². The molecule has 2 unspecified atom stereocenters. The van der Waals surface area contributed by atoms with Gasteiger partial charge in [0.15, 0.2) is 15.8 Å². The Morgan fingerprint density at radius 3 is 2.75 bits per heavy atom. The normalized spacial score (nSPS) is 30.6. The number of likely N-dealkylation sites (tertiary alicyclic amines) is 1. The standard InChI is InChI=1S/C13H26N4O2S/c1-3-14-13(15-9-12-5-4-7-17(12)2)16-11-6-8-20(18,19)10-11/h11-12H,3-10H2,1-2H3,(H2,14,15,16). The van der Waals surface area contributed by atoms with Crippen LogP contribution in [-0.4, -0.2) is 69.5 Å². The maximum absolute atomic E-state index is 11.5. The van der Waals surface area contributed by atoms with E-state index in [-0.39, 0.29) is 17.5 Å². The van der Waals surface area contributed by atoms with E-state index in [0.717, 1.165) is 25.6 Å². The van der Waals surface area contributed by atoms with Crippen LogP contribution < -0.4 is 10.6 Å². The molecule has 2 aliphatic rings. The van der Waals surface area contributed by atoms with Crippen LogP contribution in [0.15, 0.2) is 4.99 Å². The van der Waals surface area contributed by atoms with E-state index in [1.165, 1.54) is 12.8 Å². The van der Waals surface area contributed by atoms with Crippen LogP contribution in [0.2, 0.25) is 0 Å². The van der Waals surface area contributed by atoms with Crippen molar-refractivity contribution in [2.75, 3.05) is 38.2 Å². The number of nitrogens with zero attached hydrogens (tertiary/aromatic N) is 2. The summed E-state index contributed by atoms with van der Waals surface area (Å²) in [6, 6.07) is 0.511. The van der Waals surface area contributed by atoms with E-state index in [1.807, 2.05) is 6.92 Å². The Morgan fingerprint density at radius 2 is 2.20 bits per heavy atom. The minimum Gasteiger partial charge on any atom is -0.357 e. The largest absolute Gasteiger partial charge is 0.357 e. The zero-order chi connectivity index (χ0) is 14.6. The molecule has 2 atom stereocenters. The average molecular weight is 302 g/mol. The molecule has 6 nitrogen and oxygen atoms in total. The summed E-state index contributed by atoms with van der Waals surface area (Å²) in [5.74, 6) is 1.26. The lowest BCUT2D eigenvalue weighted by Crippen LogP contribution is -2.44. The average Bonchev–Trinajstić information content (AvgIpc) is 2.93. The number of hydrogen-bond acceptors (Lipinski definition) is 4. The summed E-state index contributed by atoms with van der Waals surface area (Å²) in [4.78, 5) is 6.96. The molecule has 0 bridgehead atoms. The molecule has 0 saturated carbocycles. The fraction of sp³-hybridized carbons (Fsp3) is 0.923. The van der Waals surface area contributed by atoms with Crippen molar-refractivity contribution in [2.45, 2.75) is 38.3 Å². The molecule has 7 heteroatoms. The zero-order valence-electron chi connectivity index (χ0n) is 12.4. The Kier molecular flexibility index (Phi) is 5.26. The van der Waals surface area contributed by atoms with Gasteiger partial charge < -0.3 is 15.5 Å². The second-order valence-electron chi connectivity index (χ2n) is 5.74. The summed E-state index contributed by atoms with van der Waals surface area (Å²) >= 11 is 0. The van der Waals surface area contributed by atoms with Gasteiger partial charge in [-0.25, -0.2) is 8.42 Å². The van der Waals surface area contributed by atoms with Gasteiger partial charge in [-0.15, -0.1) is 0 Å². The SMILES string of the molecule is CCNC(=NCC1CCCN1C)NC1CCS(=O)(=O)C1. The van der Waals surface area contributed by atoms with Gasteiger partial charge in [-0.2, -0.15) is 0 Å².